The fraction of sp³-hybridized carbons (Fsp3) is 0. The van der Waals surface area contributed by atoms with Gasteiger partial charge in [0.05, 0.1) is 24.3 Å². The smallest absolute Gasteiger partial charge is 0.180 e. The minimum absolute atomic E-state index is 0.744. The molecule has 0 unspecified atom stereocenters. The summed E-state index contributed by atoms with van der Waals surface area (Å²) < 4.78 is 5.24. The van der Waals surface area contributed by atoms with E-state index in [1.165, 1.54) is 0 Å². The molecule has 3 heterocycles. The van der Waals surface area contributed by atoms with Crippen LogP contribution in [0.1, 0.15) is 0 Å². The van der Waals surface area contributed by atoms with E-state index < -0.39 is 0 Å². The van der Waals surface area contributed by atoms with Crippen LogP contribution in [0, 0.1) is 0 Å². The summed E-state index contributed by atoms with van der Waals surface area (Å²) in [6.07, 6.45) is 5.00. The second-order valence-electron chi connectivity index (χ2n) is 2.56. The van der Waals surface area contributed by atoms with Gasteiger partial charge in [0.25, 0.3) is 0 Å². The monoisotopic (exact) mass is 159 g/mol. The molecule has 3 aromatic rings. The molecule has 0 aromatic carbocycles. The summed E-state index contributed by atoms with van der Waals surface area (Å²) in [5.74, 6) is 0. The SMILES string of the molecule is c1nc2c(cnc3ccoc32)[nH]1. The van der Waals surface area contributed by atoms with E-state index in [-0.39, 0.29) is 0 Å². The van der Waals surface area contributed by atoms with Crippen LogP contribution in [-0.4, -0.2) is 15.0 Å². The number of aromatic nitrogens is 3. The molecule has 0 radical (unpaired) electrons. The van der Waals surface area contributed by atoms with Crippen molar-refractivity contribution in [1.29, 1.82) is 0 Å². The van der Waals surface area contributed by atoms with E-state index in [9.17, 15) is 0 Å². The normalized spacial score (nSPS) is 11.3. The Labute approximate surface area is 67.2 Å². The largest absolute Gasteiger partial charge is 0.460 e. The Morgan fingerprint density at radius 2 is 2.33 bits per heavy atom. The first kappa shape index (κ1) is 5.77. The number of rotatable bonds is 0. The zero-order valence-corrected chi connectivity index (χ0v) is 6.11. The van der Waals surface area contributed by atoms with E-state index in [4.69, 9.17) is 4.42 Å². The number of hydrogen-bond donors (Lipinski definition) is 1. The molecule has 0 saturated heterocycles. The van der Waals surface area contributed by atoms with Crippen LogP contribution < -0.4 is 0 Å². The number of nitrogens with one attached hydrogen (secondary N) is 1. The molecule has 3 aromatic heterocycles. The van der Waals surface area contributed by atoms with Gasteiger partial charge in [0.2, 0.25) is 0 Å². The number of fused-ring (bicyclic) bond motifs is 3. The van der Waals surface area contributed by atoms with Crippen LogP contribution in [-0.2, 0) is 0 Å². The zero-order chi connectivity index (χ0) is 7.97. The molecule has 58 valence electrons. The van der Waals surface area contributed by atoms with Crippen LogP contribution in [0.15, 0.2) is 29.3 Å². The van der Waals surface area contributed by atoms with E-state index in [1.807, 2.05) is 6.07 Å². The topological polar surface area (TPSA) is 54.7 Å². The fourth-order valence-electron chi connectivity index (χ4n) is 1.30. The third kappa shape index (κ3) is 0.567. The lowest BCUT2D eigenvalue weighted by Gasteiger charge is -1.87. The summed E-state index contributed by atoms with van der Waals surface area (Å²) in [5.41, 5.74) is 3.32. The molecule has 12 heavy (non-hydrogen) atoms. The predicted molar refractivity (Wildman–Crippen MR) is 43.7 cm³/mol. The van der Waals surface area contributed by atoms with Crippen LogP contribution in [0.5, 0.6) is 0 Å². The van der Waals surface area contributed by atoms with Crippen LogP contribution in [0.2, 0.25) is 0 Å². The quantitative estimate of drug-likeness (QED) is 0.543. The van der Waals surface area contributed by atoms with Crippen molar-refractivity contribution in [2.45, 2.75) is 0 Å². The number of hydrogen-bond acceptors (Lipinski definition) is 3. The van der Waals surface area contributed by atoms with Crippen molar-refractivity contribution in [3.05, 3.63) is 24.9 Å². The summed E-state index contributed by atoms with van der Waals surface area (Å²) >= 11 is 0. The average molecular weight is 159 g/mol. The molecule has 4 heteroatoms. The number of pyridine rings is 1. The van der Waals surface area contributed by atoms with Crippen molar-refractivity contribution >= 4 is 22.1 Å². The number of furan rings is 1. The van der Waals surface area contributed by atoms with E-state index >= 15 is 0 Å². The lowest BCUT2D eigenvalue weighted by molar-refractivity contribution is 0.618. The molecule has 0 aliphatic heterocycles. The molecule has 0 amide bonds. The van der Waals surface area contributed by atoms with Gasteiger partial charge in [-0.3, -0.25) is 4.98 Å². The second-order valence-corrected chi connectivity index (χ2v) is 2.56. The third-order valence-corrected chi connectivity index (χ3v) is 1.86. The molecule has 0 spiro atoms. The van der Waals surface area contributed by atoms with Gasteiger partial charge < -0.3 is 9.40 Å². The third-order valence-electron chi connectivity index (χ3n) is 1.86. The van der Waals surface area contributed by atoms with Crippen molar-refractivity contribution < 1.29 is 4.42 Å². The zero-order valence-electron chi connectivity index (χ0n) is 6.11. The molecular formula is C8H5N3O. The minimum Gasteiger partial charge on any atom is -0.460 e. The van der Waals surface area contributed by atoms with Crippen molar-refractivity contribution in [2.75, 3.05) is 0 Å². The van der Waals surface area contributed by atoms with Gasteiger partial charge >= 0.3 is 0 Å². The Hall–Kier alpha value is -1.84. The van der Waals surface area contributed by atoms with Gasteiger partial charge in [0.15, 0.2) is 5.58 Å². The summed E-state index contributed by atoms with van der Waals surface area (Å²) in [4.78, 5) is 11.3. The van der Waals surface area contributed by atoms with Crippen LogP contribution in [0.4, 0.5) is 0 Å². The van der Waals surface area contributed by atoms with Crippen molar-refractivity contribution in [1.82, 2.24) is 15.0 Å². The molecule has 0 fully saturated rings. The van der Waals surface area contributed by atoms with E-state index in [0.717, 1.165) is 22.1 Å². The number of nitrogens with zero attached hydrogens (tertiary/aromatic N) is 2. The highest BCUT2D eigenvalue weighted by Crippen LogP contribution is 2.20. The first-order valence-corrected chi connectivity index (χ1v) is 3.60. The van der Waals surface area contributed by atoms with Gasteiger partial charge in [-0.05, 0) is 0 Å². The maximum Gasteiger partial charge on any atom is 0.180 e. The highest BCUT2D eigenvalue weighted by atomic mass is 16.3. The van der Waals surface area contributed by atoms with Crippen molar-refractivity contribution in [3.8, 4) is 0 Å². The van der Waals surface area contributed by atoms with Crippen LogP contribution in [0.3, 0.4) is 0 Å². The van der Waals surface area contributed by atoms with E-state index in [2.05, 4.69) is 15.0 Å². The summed E-state index contributed by atoms with van der Waals surface area (Å²) in [6, 6.07) is 1.82. The molecule has 4 nitrogen and oxygen atoms in total. The first-order valence-electron chi connectivity index (χ1n) is 3.60. The van der Waals surface area contributed by atoms with Crippen molar-refractivity contribution in [2.24, 2.45) is 0 Å². The number of H-pyrrole nitrogens is 1. The Bertz CT molecular complexity index is 487. The van der Waals surface area contributed by atoms with Crippen LogP contribution in [0.25, 0.3) is 22.1 Å². The molecule has 0 aliphatic rings. The fourth-order valence-corrected chi connectivity index (χ4v) is 1.30. The van der Waals surface area contributed by atoms with E-state index in [0.29, 0.717) is 0 Å². The summed E-state index contributed by atoms with van der Waals surface area (Å²) in [7, 11) is 0. The lowest BCUT2D eigenvalue weighted by Crippen LogP contribution is -1.74. The van der Waals surface area contributed by atoms with Crippen molar-refractivity contribution in [3.63, 3.8) is 0 Å². The molecular weight excluding hydrogens is 154 g/mol. The van der Waals surface area contributed by atoms with Gasteiger partial charge in [-0.1, -0.05) is 0 Å². The summed E-state index contributed by atoms with van der Waals surface area (Å²) in [6.45, 7) is 0. The molecule has 0 aliphatic carbocycles. The van der Waals surface area contributed by atoms with Gasteiger partial charge in [-0.15, -0.1) is 0 Å². The van der Waals surface area contributed by atoms with Gasteiger partial charge in [0.1, 0.15) is 11.0 Å². The molecule has 3 rings (SSSR count). The maximum atomic E-state index is 5.24. The molecule has 1 N–H and O–H groups in total. The summed E-state index contributed by atoms with van der Waals surface area (Å²) in [5, 5.41) is 0. The molecule has 0 atom stereocenters. The van der Waals surface area contributed by atoms with Gasteiger partial charge in [-0.2, -0.15) is 0 Å². The lowest BCUT2D eigenvalue weighted by atomic mass is 10.3. The highest BCUT2D eigenvalue weighted by molar-refractivity contribution is 5.97. The Kier molecular flexibility index (Phi) is 0.889. The van der Waals surface area contributed by atoms with E-state index in [1.54, 1.807) is 18.8 Å². The molecule has 0 saturated carbocycles. The predicted octanol–water partition coefficient (Wildman–Crippen LogP) is 1.70. The average Bonchev–Trinajstić information content (AvgIpc) is 2.71. The van der Waals surface area contributed by atoms with Gasteiger partial charge in [-0.25, -0.2) is 4.98 Å². The Morgan fingerprint density at radius 1 is 1.33 bits per heavy atom. The number of aromatic amines is 1. The number of imidazole rings is 1. The Morgan fingerprint density at radius 3 is 3.33 bits per heavy atom. The Balaban J connectivity index is 2.71. The highest BCUT2D eigenvalue weighted by Gasteiger charge is 2.05. The van der Waals surface area contributed by atoms with Gasteiger partial charge in [0, 0.05) is 6.07 Å². The molecule has 0 bridgehead atoms. The standard InChI is InChI=1S/C8H5N3O/c1-2-12-8-5(1)9-3-6-7(8)11-4-10-6/h1-4H,(H,10,11). The van der Waals surface area contributed by atoms with Crippen LogP contribution >= 0.6 is 0 Å². The second kappa shape index (κ2) is 1.85. The first-order chi connectivity index (χ1) is 5.95. The maximum absolute atomic E-state index is 5.24. The minimum atomic E-state index is 0.744.